The van der Waals surface area contributed by atoms with E-state index in [1.165, 1.54) is 17.0 Å². The third-order valence-corrected chi connectivity index (χ3v) is 5.05. The van der Waals surface area contributed by atoms with E-state index in [0.29, 0.717) is 5.56 Å². The molecule has 0 amide bonds. The molecule has 2 aliphatic rings. The Hall–Kier alpha value is -2.49. The smallest absolute Gasteiger partial charge is 0.416 e. The summed E-state index contributed by atoms with van der Waals surface area (Å²) in [5.41, 5.74) is 11.8. The van der Waals surface area contributed by atoms with Crippen LogP contribution in [0.25, 0.3) is 0 Å². The fourth-order valence-corrected chi connectivity index (χ4v) is 2.98. The number of halogens is 4. The van der Waals surface area contributed by atoms with Gasteiger partial charge in [-0.15, -0.1) is 0 Å². The van der Waals surface area contributed by atoms with Crippen LogP contribution >= 0.6 is 0 Å². The van der Waals surface area contributed by atoms with Gasteiger partial charge < -0.3 is 31.3 Å². The largest absolute Gasteiger partial charge is 0.484 e. The second-order valence-corrected chi connectivity index (χ2v) is 7.58. The standard InChI is InChI=1S/C19H24F4N4O2/c1-18(4-5-18)29-15-8-11(14(25)9-12(15)20)13(24)2-3-17(26)27-6-7-28-16(10-27)19(21,22)23/h3,8-9,16,24H,2,4-7,10,25-26H2,1H3/b17-3+,24-13?. The molecule has 3 rings (SSSR count). The summed E-state index contributed by atoms with van der Waals surface area (Å²) in [6.45, 7) is 1.58. The minimum Gasteiger partial charge on any atom is -0.484 e. The second-order valence-electron chi connectivity index (χ2n) is 7.58. The molecule has 1 atom stereocenters. The number of nitrogens with two attached hydrogens (primary N) is 2. The summed E-state index contributed by atoms with van der Waals surface area (Å²) in [4.78, 5) is 1.37. The van der Waals surface area contributed by atoms with Crippen molar-refractivity contribution in [1.29, 1.82) is 5.41 Å². The summed E-state index contributed by atoms with van der Waals surface area (Å²) in [7, 11) is 0. The van der Waals surface area contributed by atoms with Crippen molar-refractivity contribution in [3.63, 3.8) is 0 Å². The number of ether oxygens (including phenoxy) is 2. The van der Waals surface area contributed by atoms with Crippen LogP contribution in [0.1, 0.15) is 31.7 Å². The first kappa shape index (κ1) is 21.2. The van der Waals surface area contributed by atoms with E-state index in [1.54, 1.807) is 0 Å². The van der Waals surface area contributed by atoms with E-state index in [1.807, 2.05) is 6.92 Å². The highest BCUT2D eigenvalue weighted by molar-refractivity contribution is 6.03. The quantitative estimate of drug-likeness (QED) is 0.376. The van der Waals surface area contributed by atoms with Gasteiger partial charge in [0.25, 0.3) is 0 Å². The Morgan fingerprint density at radius 1 is 1.41 bits per heavy atom. The van der Waals surface area contributed by atoms with Crippen molar-refractivity contribution < 1.29 is 27.0 Å². The van der Waals surface area contributed by atoms with Crippen LogP contribution in [-0.4, -0.2) is 48.2 Å². The number of allylic oxidation sites excluding steroid dienone is 1. The summed E-state index contributed by atoms with van der Waals surface area (Å²) in [6.07, 6.45) is -3.26. The molecule has 1 heterocycles. The van der Waals surface area contributed by atoms with Gasteiger partial charge in [-0.1, -0.05) is 0 Å². The molecular formula is C19H24F4N4O2. The van der Waals surface area contributed by atoms with Crippen molar-refractivity contribution in [2.75, 3.05) is 25.4 Å². The van der Waals surface area contributed by atoms with E-state index in [4.69, 9.17) is 26.4 Å². The van der Waals surface area contributed by atoms with E-state index in [-0.39, 0.29) is 42.5 Å². The fourth-order valence-electron chi connectivity index (χ4n) is 2.98. The van der Waals surface area contributed by atoms with Crippen LogP contribution < -0.4 is 16.2 Å². The summed E-state index contributed by atoms with van der Waals surface area (Å²) < 4.78 is 63.1. The van der Waals surface area contributed by atoms with Crippen LogP contribution in [0.3, 0.4) is 0 Å². The van der Waals surface area contributed by atoms with Crippen molar-refractivity contribution in [2.24, 2.45) is 5.73 Å². The third-order valence-electron chi connectivity index (χ3n) is 5.05. The van der Waals surface area contributed by atoms with Crippen LogP contribution in [0, 0.1) is 11.2 Å². The Kier molecular flexibility index (Phi) is 5.66. The molecule has 1 saturated heterocycles. The lowest BCUT2D eigenvalue weighted by molar-refractivity contribution is -0.235. The van der Waals surface area contributed by atoms with Crippen molar-refractivity contribution in [2.45, 2.75) is 44.1 Å². The maximum absolute atomic E-state index is 14.1. The van der Waals surface area contributed by atoms with Gasteiger partial charge in [-0.05, 0) is 31.9 Å². The fraction of sp³-hybridized carbons (Fsp3) is 0.526. The summed E-state index contributed by atoms with van der Waals surface area (Å²) in [5.74, 6) is -0.458. The lowest BCUT2D eigenvalue weighted by atomic mass is 10.0. The molecule has 0 bridgehead atoms. The van der Waals surface area contributed by atoms with Crippen LogP contribution in [0.2, 0.25) is 0 Å². The molecule has 0 spiro atoms. The average molecular weight is 416 g/mol. The molecule has 10 heteroatoms. The maximum Gasteiger partial charge on any atom is 0.416 e. The highest BCUT2D eigenvalue weighted by Gasteiger charge is 2.43. The molecule has 1 aliphatic heterocycles. The predicted octanol–water partition coefficient (Wildman–Crippen LogP) is 3.16. The maximum atomic E-state index is 14.1. The molecule has 2 fully saturated rings. The van der Waals surface area contributed by atoms with Crippen LogP contribution in [0.15, 0.2) is 24.0 Å². The van der Waals surface area contributed by atoms with Gasteiger partial charge in [0.2, 0.25) is 0 Å². The van der Waals surface area contributed by atoms with Gasteiger partial charge in [-0.25, -0.2) is 4.39 Å². The lowest BCUT2D eigenvalue weighted by Gasteiger charge is -2.35. The van der Waals surface area contributed by atoms with Crippen molar-refractivity contribution in [3.05, 3.63) is 35.4 Å². The number of nitrogens with one attached hydrogen (secondary N) is 1. The zero-order chi connectivity index (χ0) is 21.4. The summed E-state index contributed by atoms with van der Waals surface area (Å²) in [6, 6.07) is 2.49. The summed E-state index contributed by atoms with van der Waals surface area (Å²) >= 11 is 0. The molecule has 0 radical (unpaired) electrons. The van der Waals surface area contributed by atoms with Crippen molar-refractivity contribution in [1.82, 2.24) is 4.90 Å². The zero-order valence-electron chi connectivity index (χ0n) is 16.0. The Morgan fingerprint density at radius 3 is 2.72 bits per heavy atom. The van der Waals surface area contributed by atoms with Gasteiger partial charge in [0.15, 0.2) is 17.7 Å². The zero-order valence-corrected chi connectivity index (χ0v) is 16.0. The minimum atomic E-state index is -4.47. The van der Waals surface area contributed by atoms with Crippen LogP contribution in [0.4, 0.5) is 23.2 Å². The topological polar surface area (TPSA) is 97.6 Å². The number of alkyl halides is 3. The van der Waals surface area contributed by atoms with E-state index < -0.39 is 30.2 Å². The van der Waals surface area contributed by atoms with Gasteiger partial charge in [-0.3, -0.25) is 0 Å². The number of nitrogen functional groups attached to an aromatic ring is 1. The van der Waals surface area contributed by atoms with Gasteiger partial charge in [0, 0.05) is 36.0 Å². The first-order chi connectivity index (χ1) is 13.5. The van der Waals surface area contributed by atoms with Gasteiger partial charge in [0.1, 0.15) is 5.60 Å². The average Bonchev–Trinajstić information content (AvgIpc) is 3.38. The molecule has 0 aromatic heterocycles. The number of benzene rings is 1. The molecule has 1 saturated carbocycles. The highest BCUT2D eigenvalue weighted by Crippen LogP contribution is 2.41. The lowest BCUT2D eigenvalue weighted by Crippen LogP contribution is -2.49. The molecular weight excluding hydrogens is 392 g/mol. The number of rotatable bonds is 6. The van der Waals surface area contributed by atoms with E-state index in [9.17, 15) is 17.6 Å². The molecule has 5 N–H and O–H groups in total. The monoisotopic (exact) mass is 416 g/mol. The molecule has 1 unspecified atom stereocenters. The second kappa shape index (κ2) is 7.74. The number of hydrogen-bond donors (Lipinski definition) is 3. The molecule has 29 heavy (non-hydrogen) atoms. The predicted molar refractivity (Wildman–Crippen MR) is 100 cm³/mol. The molecule has 6 nitrogen and oxygen atoms in total. The van der Waals surface area contributed by atoms with E-state index in [2.05, 4.69) is 0 Å². The molecule has 1 aliphatic carbocycles. The summed E-state index contributed by atoms with van der Waals surface area (Å²) in [5, 5.41) is 8.25. The molecule has 160 valence electrons. The first-order valence-electron chi connectivity index (χ1n) is 9.23. The SMILES string of the molecule is CC1(Oc2cc(C(=N)C/C=C(\N)N3CCOC(C(F)(F)F)C3)c(N)cc2F)CC1. The Balaban J connectivity index is 1.68. The Bertz CT molecular complexity index is 821. The van der Waals surface area contributed by atoms with E-state index in [0.717, 1.165) is 18.9 Å². The molecule has 1 aromatic rings. The first-order valence-corrected chi connectivity index (χ1v) is 9.23. The van der Waals surface area contributed by atoms with Gasteiger partial charge in [0.05, 0.1) is 19.0 Å². The van der Waals surface area contributed by atoms with Gasteiger partial charge in [-0.2, -0.15) is 13.2 Å². The number of morpholine rings is 1. The Labute approximate surface area is 165 Å². The van der Waals surface area contributed by atoms with Crippen molar-refractivity contribution in [3.8, 4) is 5.75 Å². The van der Waals surface area contributed by atoms with Gasteiger partial charge >= 0.3 is 6.18 Å². The van der Waals surface area contributed by atoms with Crippen LogP contribution in [-0.2, 0) is 4.74 Å². The molecule has 1 aromatic carbocycles. The van der Waals surface area contributed by atoms with Crippen molar-refractivity contribution >= 4 is 11.4 Å². The number of anilines is 1. The third kappa shape index (κ3) is 5.11. The normalized spacial score (nSPS) is 21.8. The highest BCUT2D eigenvalue weighted by atomic mass is 19.4. The Morgan fingerprint density at radius 2 is 2.10 bits per heavy atom. The van der Waals surface area contributed by atoms with E-state index >= 15 is 0 Å². The number of nitrogens with zero attached hydrogens (tertiary/aromatic N) is 1. The van der Waals surface area contributed by atoms with Crippen LogP contribution in [0.5, 0.6) is 5.75 Å². The number of hydrogen-bond acceptors (Lipinski definition) is 6. The minimum absolute atomic E-state index is 0.0203.